The topological polar surface area (TPSA) is 405 Å². The largest absolute Gasteiger partial charge is 0.508 e. The highest BCUT2D eigenvalue weighted by Crippen LogP contribution is 2.35. The number of phenols is 20. The van der Waals surface area contributed by atoms with Gasteiger partial charge >= 0.3 is 0 Å². The Bertz CT molecular complexity index is 5630. The van der Waals surface area contributed by atoms with E-state index in [9.17, 15) is 20.4 Å². The molecule has 0 saturated carbocycles. The highest BCUT2D eigenvalue weighted by molar-refractivity contribution is 5.48. The van der Waals surface area contributed by atoms with E-state index < -0.39 is 0 Å². The van der Waals surface area contributed by atoms with E-state index in [4.69, 9.17) is 81.7 Å². The molecule has 0 fully saturated rings. The summed E-state index contributed by atoms with van der Waals surface area (Å²) in [5, 5.41) is 182. The first-order valence-electron chi connectivity index (χ1n) is 47.8. The molecule has 0 aliphatic carbocycles. The van der Waals surface area contributed by atoms with Crippen LogP contribution in [0.1, 0.15) is 238 Å². The SMILES string of the molecule is CC(C)c1ccc(O)c(O)c1.CC(C)c1ccc(O)c(O)c1.CC(C)c1ccc(O)c(O)c1.CC(C)c1ccc(O)cc1O.CC(C)c1ccc(O)cc1O.Cc1cc(C)cc(O)c1.Cc1cc(C)cc(O)c1.Cc1ccc(C)c(O)c1.Cc1ccc(C)c(O)c1.Cc1ccc(O)c(C)c1.Cc1ccc(O)c(C)c1.Cc1cccc(C)c1O.Cc1cccc(C)c1O.Cc1cccc(O)c1C.Cc1cccc(O)c1C. The second-order valence-electron chi connectivity index (χ2n) is 37.3. The van der Waals surface area contributed by atoms with Crippen molar-refractivity contribution in [3.8, 4) is 115 Å². The molecule has 15 aromatic rings. The van der Waals surface area contributed by atoms with Crippen LogP contribution >= 0.6 is 0 Å². The minimum atomic E-state index is -0.0607. The molecule has 15 rings (SSSR count). The average molecular weight is 1980 g/mol. The maximum absolute atomic E-state index is 9.30. The van der Waals surface area contributed by atoms with Crippen molar-refractivity contribution >= 4 is 0 Å². The van der Waals surface area contributed by atoms with Gasteiger partial charge in [0.2, 0.25) is 0 Å². The number of phenolic OH excluding ortho intramolecular Hbond substituents is 20. The van der Waals surface area contributed by atoms with Crippen molar-refractivity contribution in [2.45, 2.75) is 237 Å². The Hall–Kier alpha value is -15.7. The number of benzene rings is 15. The van der Waals surface area contributed by atoms with Gasteiger partial charge < -0.3 is 102 Å². The second-order valence-corrected chi connectivity index (χ2v) is 37.3. The molecular formula is C125H160O20. The van der Waals surface area contributed by atoms with Crippen molar-refractivity contribution in [3.63, 3.8) is 0 Å². The lowest BCUT2D eigenvalue weighted by Crippen LogP contribution is -1.86. The van der Waals surface area contributed by atoms with Crippen molar-refractivity contribution < 1.29 is 102 Å². The predicted octanol–water partition coefficient (Wildman–Crippen LogP) is 31.2. The number of hydrogen-bond donors (Lipinski definition) is 20. The molecule has 0 aliphatic rings. The van der Waals surface area contributed by atoms with E-state index >= 15 is 0 Å². The molecule has 0 bridgehead atoms. The third-order valence-electron chi connectivity index (χ3n) is 22.1. The van der Waals surface area contributed by atoms with Crippen LogP contribution < -0.4 is 0 Å². The van der Waals surface area contributed by atoms with Gasteiger partial charge in [0, 0.05) is 12.1 Å². The van der Waals surface area contributed by atoms with Crippen LogP contribution in [0.3, 0.4) is 0 Å². The molecular weight excluding hydrogens is 1820 g/mol. The summed E-state index contributed by atoms with van der Waals surface area (Å²) in [6.45, 7) is 58.8. The summed E-state index contributed by atoms with van der Waals surface area (Å²) in [4.78, 5) is 0. The predicted molar refractivity (Wildman–Crippen MR) is 595 cm³/mol. The average Bonchev–Trinajstić information content (AvgIpc) is 0.849. The van der Waals surface area contributed by atoms with Crippen molar-refractivity contribution in [1.82, 2.24) is 0 Å². The monoisotopic (exact) mass is 1980 g/mol. The van der Waals surface area contributed by atoms with Gasteiger partial charge in [-0.05, 0) is 405 Å². The summed E-state index contributed by atoms with van der Waals surface area (Å²) in [6, 6.07) is 79.9. The van der Waals surface area contributed by atoms with Crippen LogP contribution in [0.4, 0.5) is 0 Å². The van der Waals surface area contributed by atoms with E-state index in [0.717, 1.165) is 128 Å². The first-order chi connectivity index (χ1) is 67.6. The van der Waals surface area contributed by atoms with Crippen LogP contribution in [0.2, 0.25) is 0 Å². The van der Waals surface area contributed by atoms with Crippen LogP contribution in [0.25, 0.3) is 0 Å². The summed E-state index contributed by atoms with van der Waals surface area (Å²) < 4.78 is 0. The highest BCUT2D eigenvalue weighted by atomic mass is 16.3. The third-order valence-corrected chi connectivity index (χ3v) is 22.1. The van der Waals surface area contributed by atoms with Crippen molar-refractivity contribution in [3.05, 3.63) is 412 Å². The Labute approximate surface area is 861 Å². The molecule has 145 heavy (non-hydrogen) atoms. The van der Waals surface area contributed by atoms with Crippen molar-refractivity contribution in [2.24, 2.45) is 0 Å². The standard InChI is InChI=1S/5C9H12O2.10C8H10O/c2*1-6(2)8-4-3-7(10)5-9(8)11;3*1-6(2)7-3-4-8(10)9(11)5-7;2*1-6-3-7(2)5-8(9)4-6;2*1-6-3-4-8(9)7(2)5-6;2*1-6-3-4-7(2)8(9)5-6;2*1-6-4-3-5-8(9)7(6)2;2*1-6-4-3-5-7(2)8(6)9/h5*3-6,10-11H,1-2H3;10*3-5,9H,1-2H3. The molecule has 0 aliphatic heterocycles. The van der Waals surface area contributed by atoms with Gasteiger partial charge in [-0.1, -0.05) is 232 Å². The fourth-order valence-corrected chi connectivity index (χ4v) is 12.8. The Balaban J connectivity index is 0.000000777. The molecule has 0 atom stereocenters. The van der Waals surface area contributed by atoms with Crippen LogP contribution in [-0.2, 0) is 0 Å². The molecule has 0 radical (unpaired) electrons. The molecule has 20 heteroatoms. The Morgan fingerprint density at radius 3 is 0.572 bits per heavy atom. The first kappa shape index (κ1) is 127. The van der Waals surface area contributed by atoms with Gasteiger partial charge in [-0.15, -0.1) is 0 Å². The van der Waals surface area contributed by atoms with E-state index in [-0.39, 0.29) is 69.3 Å². The molecule has 0 saturated heterocycles. The Morgan fingerprint density at radius 1 is 0.138 bits per heavy atom. The van der Waals surface area contributed by atoms with E-state index in [2.05, 4.69) is 0 Å². The number of aryl methyl sites for hydroxylation is 18. The minimum absolute atomic E-state index is 0.0452. The third kappa shape index (κ3) is 50.5. The Morgan fingerprint density at radius 2 is 0.379 bits per heavy atom. The van der Waals surface area contributed by atoms with E-state index in [1.165, 1.54) is 41.5 Å². The minimum Gasteiger partial charge on any atom is -0.508 e. The molecule has 20 N–H and O–H groups in total. The summed E-state index contributed by atoms with van der Waals surface area (Å²) in [5.41, 5.74) is 25.5. The Kier molecular flexibility index (Phi) is 56.8. The lowest BCUT2D eigenvalue weighted by Gasteiger charge is -2.07. The number of aromatic hydroxyl groups is 20. The van der Waals surface area contributed by atoms with Crippen molar-refractivity contribution in [2.75, 3.05) is 0 Å². The smallest absolute Gasteiger partial charge is 0.157 e. The highest BCUT2D eigenvalue weighted by Gasteiger charge is 2.11. The van der Waals surface area contributed by atoms with Gasteiger partial charge in [-0.2, -0.15) is 0 Å². The van der Waals surface area contributed by atoms with Gasteiger partial charge in [-0.3, -0.25) is 0 Å². The fraction of sp³-hybridized carbons (Fsp3) is 0.280. The maximum Gasteiger partial charge on any atom is 0.157 e. The fourth-order valence-electron chi connectivity index (χ4n) is 12.8. The molecule has 0 spiro atoms. The number of para-hydroxylation sites is 2. The van der Waals surface area contributed by atoms with E-state index in [1.807, 2.05) is 329 Å². The second kappa shape index (κ2) is 64.7. The molecule has 0 aromatic heterocycles. The lowest BCUT2D eigenvalue weighted by molar-refractivity contribution is 0.403. The van der Waals surface area contributed by atoms with Crippen LogP contribution in [0.5, 0.6) is 115 Å². The van der Waals surface area contributed by atoms with Gasteiger partial charge in [0.1, 0.15) is 80.5 Å². The van der Waals surface area contributed by atoms with Crippen LogP contribution in [0.15, 0.2) is 273 Å². The van der Waals surface area contributed by atoms with Gasteiger partial charge in [-0.25, -0.2) is 0 Å². The molecule has 20 nitrogen and oxygen atoms in total. The molecule has 15 aromatic carbocycles. The zero-order chi connectivity index (χ0) is 111. The molecule has 780 valence electrons. The van der Waals surface area contributed by atoms with Gasteiger partial charge in [0.05, 0.1) is 0 Å². The van der Waals surface area contributed by atoms with Gasteiger partial charge in [0.15, 0.2) is 34.5 Å². The summed E-state index contributed by atoms with van der Waals surface area (Å²) >= 11 is 0. The molecule has 0 heterocycles. The number of rotatable bonds is 5. The van der Waals surface area contributed by atoms with E-state index in [1.54, 1.807) is 121 Å². The van der Waals surface area contributed by atoms with Crippen LogP contribution in [0, 0.1) is 138 Å². The normalized spacial score (nSPS) is 9.90. The van der Waals surface area contributed by atoms with Crippen LogP contribution in [-0.4, -0.2) is 102 Å². The zero-order valence-corrected chi connectivity index (χ0v) is 90.3. The zero-order valence-electron chi connectivity index (χ0n) is 90.3. The van der Waals surface area contributed by atoms with Crippen molar-refractivity contribution in [1.29, 1.82) is 0 Å². The molecule has 0 unspecified atom stereocenters. The lowest BCUT2D eigenvalue weighted by atomic mass is 10.0. The van der Waals surface area contributed by atoms with E-state index in [0.29, 0.717) is 75.2 Å². The summed E-state index contributed by atoms with van der Waals surface area (Å²) in [6.07, 6.45) is 0. The first-order valence-corrected chi connectivity index (χ1v) is 47.8. The summed E-state index contributed by atoms with van der Waals surface area (Å²) in [5.74, 6) is 5.75. The molecule has 0 amide bonds. The summed E-state index contributed by atoms with van der Waals surface area (Å²) in [7, 11) is 0. The number of hydrogen-bond acceptors (Lipinski definition) is 20. The quantitative estimate of drug-likeness (QED) is 0.0712. The maximum atomic E-state index is 9.30. The van der Waals surface area contributed by atoms with Gasteiger partial charge in [0.25, 0.3) is 0 Å².